The molecule has 0 atom stereocenters. The average Bonchev–Trinajstić information content (AvgIpc) is 2.51. The van der Waals surface area contributed by atoms with Crippen molar-refractivity contribution in [3.63, 3.8) is 0 Å². The molecule has 0 unspecified atom stereocenters. The Morgan fingerprint density at radius 2 is 1.95 bits per heavy atom. The third-order valence-electron chi connectivity index (χ3n) is 4.27. The summed E-state index contributed by atoms with van der Waals surface area (Å²) in [5, 5.41) is 3.22. The first-order chi connectivity index (χ1) is 10.4. The third-order valence-corrected chi connectivity index (χ3v) is 4.68. The molecule has 0 bridgehead atoms. The van der Waals surface area contributed by atoms with Crippen LogP contribution in [0.5, 0.6) is 0 Å². The highest BCUT2D eigenvalue weighted by Gasteiger charge is 2.28. The number of likely N-dealkylation sites (N-methyl/N-ethyl adjacent to an activating group) is 1. The molecule has 2 amide bonds. The van der Waals surface area contributed by atoms with Crippen LogP contribution in [0.25, 0.3) is 0 Å². The van der Waals surface area contributed by atoms with Crippen molar-refractivity contribution < 1.29 is 9.59 Å². The maximum Gasteiger partial charge on any atom is 0.313 e. The summed E-state index contributed by atoms with van der Waals surface area (Å²) in [6.07, 6.45) is 1.78. The molecule has 1 saturated heterocycles. The van der Waals surface area contributed by atoms with Gasteiger partial charge in [-0.25, -0.2) is 0 Å². The molecule has 0 spiro atoms. The van der Waals surface area contributed by atoms with Gasteiger partial charge in [0.05, 0.1) is 0 Å². The first-order valence-corrected chi connectivity index (χ1v) is 7.79. The van der Waals surface area contributed by atoms with Gasteiger partial charge in [-0.3, -0.25) is 9.59 Å². The number of rotatable bonds is 2. The SMILES string of the molecule is Cc1c(Cl)cccc1NC(=O)C(=O)N(C)C1CCN(C)CC1. The molecule has 5 nitrogen and oxygen atoms in total. The van der Waals surface area contributed by atoms with E-state index in [1.165, 1.54) is 0 Å². The van der Waals surface area contributed by atoms with Crippen LogP contribution in [0, 0.1) is 6.92 Å². The van der Waals surface area contributed by atoms with Gasteiger partial charge in [-0.15, -0.1) is 0 Å². The van der Waals surface area contributed by atoms with Crippen molar-refractivity contribution in [1.82, 2.24) is 9.80 Å². The molecule has 1 N–H and O–H groups in total. The highest BCUT2D eigenvalue weighted by atomic mass is 35.5. The summed E-state index contributed by atoms with van der Waals surface area (Å²) in [5.74, 6) is -1.12. The molecule has 22 heavy (non-hydrogen) atoms. The zero-order chi connectivity index (χ0) is 16.3. The number of hydrogen-bond acceptors (Lipinski definition) is 3. The first-order valence-electron chi connectivity index (χ1n) is 7.42. The Balaban J connectivity index is 1.99. The molecule has 2 rings (SSSR count). The quantitative estimate of drug-likeness (QED) is 0.848. The van der Waals surface area contributed by atoms with Crippen molar-refractivity contribution in [2.45, 2.75) is 25.8 Å². The van der Waals surface area contributed by atoms with Gasteiger partial charge < -0.3 is 15.1 Å². The Kier molecular flexibility index (Phi) is 5.42. The molecule has 1 aliphatic rings. The Hall–Kier alpha value is -1.59. The number of nitrogens with zero attached hydrogens (tertiary/aromatic N) is 2. The molecule has 120 valence electrons. The van der Waals surface area contributed by atoms with Gasteiger partial charge in [-0.1, -0.05) is 17.7 Å². The van der Waals surface area contributed by atoms with Crippen LogP contribution < -0.4 is 5.32 Å². The van der Waals surface area contributed by atoms with E-state index < -0.39 is 11.8 Å². The third kappa shape index (κ3) is 3.78. The van der Waals surface area contributed by atoms with Gasteiger partial charge in [0.1, 0.15) is 0 Å². The van der Waals surface area contributed by atoms with Crippen LogP contribution in [0.4, 0.5) is 5.69 Å². The van der Waals surface area contributed by atoms with Gasteiger partial charge in [-0.2, -0.15) is 0 Å². The van der Waals surface area contributed by atoms with Crippen molar-refractivity contribution in [2.24, 2.45) is 0 Å². The fourth-order valence-corrected chi connectivity index (χ4v) is 2.80. The van der Waals surface area contributed by atoms with Crippen molar-refractivity contribution >= 4 is 29.1 Å². The fourth-order valence-electron chi connectivity index (χ4n) is 2.63. The molecule has 0 aromatic heterocycles. The molecule has 0 aliphatic carbocycles. The number of benzene rings is 1. The Bertz CT molecular complexity index is 569. The number of nitrogens with one attached hydrogen (secondary N) is 1. The van der Waals surface area contributed by atoms with Crippen LogP contribution in [-0.2, 0) is 9.59 Å². The van der Waals surface area contributed by atoms with Gasteiger partial charge in [0.15, 0.2) is 0 Å². The standard InChI is InChI=1S/C16H22ClN3O2/c1-11-13(17)5-4-6-14(11)18-15(21)16(22)20(3)12-7-9-19(2)10-8-12/h4-6,12H,7-10H2,1-3H3,(H,18,21). The van der Waals surface area contributed by atoms with Crippen LogP contribution in [-0.4, -0.2) is 54.8 Å². The summed E-state index contributed by atoms with van der Waals surface area (Å²) in [6, 6.07) is 5.35. The lowest BCUT2D eigenvalue weighted by Crippen LogP contribution is -2.47. The Morgan fingerprint density at radius 3 is 2.59 bits per heavy atom. The summed E-state index contributed by atoms with van der Waals surface area (Å²) < 4.78 is 0. The number of amides is 2. The van der Waals surface area contributed by atoms with E-state index >= 15 is 0 Å². The molecule has 0 saturated carbocycles. The second-order valence-electron chi connectivity index (χ2n) is 5.82. The lowest BCUT2D eigenvalue weighted by Gasteiger charge is -2.34. The van der Waals surface area contributed by atoms with Crippen LogP contribution in [0.3, 0.4) is 0 Å². The summed E-state index contributed by atoms with van der Waals surface area (Å²) in [6.45, 7) is 3.69. The Morgan fingerprint density at radius 1 is 1.32 bits per heavy atom. The monoisotopic (exact) mass is 323 g/mol. The van der Waals surface area contributed by atoms with Gasteiger partial charge in [-0.05, 0) is 57.6 Å². The zero-order valence-electron chi connectivity index (χ0n) is 13.2. The molecule has 1 aromatic rings. The van der Waals surface area contributed by atoms with Crippen molar-refractivity contribution in [1.29, 1.82) is 0 Å². The number of piperidine rings is 1. The number of halogens is 1. The smallest absolute Gasteiger partial charge is 0.313 e. The van der Waals surface area contributed by atoms with E-state index in [0.717, 1.165) is 31.5 Å². The van der Waals surface area contributed by atoms with E-state index in [1.807, 2.05) is 6.92 Å². The number of anilines is 1. The van der Waals surface area contributed by atoms with Crippen LogP contribution in [0.15, 0.2) is 18.2 Å². The van der Waals surface area contributed by atoms with Gasteiger partial charge >= 0.3 is 11.8 Å². The van der Waals surface area contributed by atoms with E-state index in [4.69, 9.17) is 11.6 Å². The van der Waals surface area contributed by atoms with E-state index in [1.54, 1.807) is 30.1 Å². The van der Waals surface area contributed by atoms with E-state index in [0.29, 0.717) is 10.7 Å². The molecular weight excluding hydrogens is 302 g/mol. The minimum atomic E-state index is -0.619. The predicted molar refractivity (Wildman–Crippen MR) is 88.1 cm³/mol. The molecule has 1 aromatic carbocycles. The largest absolute Gasteiger partial charge is 0.334 e. The maximum atomic E-state index is 12.3. The van der Waals surface area contributed by atoms with E-state index in [9.17, 15) is 9.59 Å². The molecule has 1 heterocycles. The lowest BCUT2D eigenvalue weighted by atomic mass is 10.0. The minimum Gasteiger partial charge on any atom is -0.334 e. The number of carbonyl (C=O) groups is 2. The van der Waals surface area contributed by atoms with Crippen molar-refractivity contribution in [3.8, 4) is 0 Å². The topological polar surface area (TPSA) is 52.7 Å². The maximum absolute atomic E-state index is 12.3. The summed E-state index contributed by atoms with van der Waals surface area (Å²) in [4.78, 5) is 28.2. The summed E-state index contributed by atoms with van der Waals surface area (Å²) in [5.41, 5.74) is 1.33. The van der Waals surface area contributed by atoms with Crippen molar-refractivity contribution in [2.75, 3.05) is 32.5 Å². The predicted octanol–water partition coefficient (Wildman–Crippen LogP) is 2.14. The molecular formula is C16H22ClN3O2. The van der Waals surface area contributed by atoms with E-state index in [2.05, 4.69) is 17.3 Å². The summed E-state index contributed by atoms with van der Waals surface area (Å²) >= 11 is 6.02. The normalized spacial score (nSPS) is 16.4. The van der Waals surface area contributed by atoms with Crippen LogP contribution in [0.1, 0.15) is 18.4 Å². The number of likely N-dealkylation sites (tertiary alicyclic amines) is 1. The highest BCUT2D eigenvalue weighted by Crippen LogP contribution is 2.23. The van der Waals surface area contributed by atoms with Gasteiger partial charge in [0, 0.05) is 23.8 Å². The second-order valence-corrected chi connectivity index (χ2v) is 6.22. The fraction of sp³-hybridized carbons (Fsp3) is 0.500. The van der Waals surface area contributed by atoms with Crippen molar-refractivity contribution in [3.05, 3.63) is 28.8 Å². The molecule has 1 aliphatic heterocycles. The molecule has 1 fully saturated rings. The first kappa shape index (κ1) is 16.8. The zero-order valence-corrected chi connectivity index (χ0v) is 14.0. The highest BCUT2D eigenvalue weighted by molar-refractivity contribution is 6.40. The number of carbonyl (C=O) groups excluding carboxylic acids is 2. The number of hydrogen-bond donors (Lipinski definition) is 1. The summed E-state index contributed by atoms with van der Waals surface area (Å²) in [7, 11) is 3.76. The Labute approximate surface area is 136 Å². The van der Waals surface area contributed by atoms with Crippen LogP contribution in [0.2, 0.25) is 5.02 Å². The lowest BCUT2D eigenvalue weighted by molar-refractivity contribution is -0.144. The average molecular weight is 324 g/mol. The minimum absolute atomic E-state index is 0.120. The van der Waals surface area contributed by atoms with E-state index in [-0.39, 0.29) is 6.04 Å². The molecule has 6 heteroatoms. The van der Waals surface area contributed by atoms with Gasteiger partial charge in [0.25, 0.3) is 0 Å². The second kappa shape index (κ2) is 7.11. The van der Waals surface area contributed by atoms with Crippen LogP contribution >= 0.6 is 11.6 Å². The molecule has 0 radical (unpaired) electrons. The van der Waals surface area contributed by atoms with Gasteiger partial charge in [0.2, 0.25) is 0 Å².